The molecule has 1 heterocycles. The van der Waals surface area contributed by atoms with E-state index in [9.17, 15) is 9.18 Å². The highest BCUT2D eigenvalue weighted by Crippen LogP contribution is 2.29. The lowest BCUT2D eigenvalue weighted by Gasteiger charge is -2.12. The van der Waals surface area contributed by atoms with Gasteiger partial charge in [0.25, 0.3) is 5.91 Å². The fourth-order valence-electron chi connectivity index (χ4n) is 3.37. The third kappa shape index (κ3) is 4.48. The van der Waals surface area contributed by atoms with Crippen molar-refractivity contribution in [2.24, 2.45) is 0 Å². The van der Waals surface area contributed by atoms with Crippen molar-refractivity contribution in [3.8, 4) is 22.6 Å². The average molecular weight is 415 g/mol. The molecule has 1 N–H and O–H groups in total. The molecule has 0 spiro atoms. The Balaban J connectivity index is 1.38. The van der Waals surface area contributed by atoms with Gasteiger partial charge in [0.15, 0.2) is 0 Å². The van der Waals surface area contributed by atoms with E-state index in [1.54, 1.807) is 25.1 Å². The van der Waals surface area contributed by atoms with Gasteiger partial charge in [-0.3, -0.25) is 4.79 Å². The van der Waals surface area contributed by atoms with Crippen LogP contribution < -0.4 is 10.1 Å². The number of benzene rings is 3. The van der Waals surface area contributed by atoms with E-state index in [1.165, 1.54) is 16.9 Å². The van der Waals surface area contributed by atoms with Crippen molar-refractivity contribution in [2.45, 2.75) is 6.92 Å². The van der Waals surface area contributed by atoms with Gasteiger partial charge < -0.3 is 10.1 Å². The molecule has 0 radical (unpaired) electrons. The first-order valence-corrected chi connectivity index (χ1v) is 10.00. The summed E-state index contributed by atoms with van der Waals surface area (Å²) in [5.74, 6) is 0.0812. The summed E-state index contributed by atoms with van der Waals surface area (Å²) >= 11 is 0. The molecule has 156 valence electrons. The van der Waals surface area contributed by atoms with Crippen LogP contribution in [0.3, 0.4) is 0 Å². The lowest BCUT2D eigenvalue weighted by Crippen LogP contribution is -2.28. The molecule has 0 bridgehead atoms. The zero-order chi connectivity index (χ0) is 21.6. The van der Waals surface area contributed by atoms with E-state index in [4.69, 9.17) is 4.74 Å². The fraction of sp³-hybridized carbons (Fsp3) is 0.120. The molecular formula is C25H22FN3O2. The Morgan fingerprint density at radius 2 is 1.71 bits per heavy atom. The molecule has 0 aliphatic rings. The first-order valence-electron chi connectivity index (χ1n) is 10.00. The molecule has 0 saturated carbocycles. The average Bonchev–Trinajstić information content (AvgIpc) is 3.19. The summed E-state index contributed by atoms with van der Waals surface area (Å²) in [6.07, 6.45) is 1.45. The minimum Gasteiger partial charge on any atom is -0.491 e. The molecule has 3 aromatic carbocycles. The van der Waals surface area contributed by atoms with Crippen molar-refractivity contribution >= 4 is 5.91 Å². The van der Waals surface area contributed by atoms with Gasteiger partial charge in [-0.1, -0.05) is 60.7 Å². The molecule has 31 heavy (non-hydrogen) atoms. The Labute approximate surface area is 180 Å². The quantitative estimate of drug-likeness (QED) is 0.441. The number of nitrogens with one attached hydrogen (secondary N) is 1. The number of carbonyl (C=O) groups excluding carboxylic acids is 1. The largest absolute Gasteiger partial charge is 0.491 e. The standard InChI is InChI=1S/C25H22FN3O2/c1-18-21(17-28-29(18)23-13-7-6-12-22(23)26)25(30)27-15-16-31-24-14-8-5-11-20(24)19-9-3-2-4-10-19/h2-14,17H,15-16H2,1H3,(H,27,30). The van der Waals surface area contributed by atoms with Gasteiger partial charge in [-0.15, -0.1) is 0 Å². The van der Waals surface area contributed by atoms with Crippen LogP contribution in [0.5, 0.6) is 5.75 Å². The van der Waals surface area contributed by atoms with E-state index in [0.29, 0.717) is 30.1 Å². The third-order valence-electron chi connectivity index (χ3n) is 4.95. The Kier molecular flexibility index (Phi) is 6.08. The third-order valence-corrected chi connectivity index (χ3v) is 4.95. The molecule has 1 aromatic heterocycles. The second kappa shape index (κ2) is 9.26. The van der Waals surface area contributed by atoms with Crippen LogP contribution in [-0.2, 0) is 0 Å². The highest BCUT2D eigenvalue weighted by atomic mass is 19.1. The minimum atomic E-state index is -0.397. The van der Waals surface area contributed by atoms with Crippen LogP contribution in [0, 0.1) is 12.7 Å². The number of carbonyl (C=O) groups is 1. The summed E-state index contributed by atoms with van der Waals surface area (Å²) in [5.41, 5.74) is 3.33. The summed E-state index contributed by atoms with van der Waals surface area (Å²) in [5, 5.41) is 7.01. The van der Waals surface area contributed by atoms with Gasteiger partial charge in [0.2, 0.25) is 0 Å². The van der Waals surface area contributed by atoms with Crippen LogP contribution in [0.4, 0.5) is 4.39 Å². The van der Waals surface area contributed by atoms with Crippen molar-refractivity contribution in [1.29, 1.82) is 0 Å². The molecule has 0 fully saturated rings. The summed E-state index contributed by atoms with van der Waals surface area (Å²) in [7, 11) is 0. The van der Waals surface area contributed by atoms with E-state index in [1.807, 2.05) is 54.6 Å². The second-order valence-electron chi connectivity index (χ2n) is 6.97. The minimum absolute atomic E-state index is 0.278. The number of hydrogen-bond acceptors (Lipinski definition) is 3. The second-order valence-corrected chi connectivity index (χ2v) is 6.97. The molecule has 4 aromatic rings. The van der Waals surface area contributed by atoms with Crippen LogP contribution in [-0.4, -0.2) is 28.8 Å². The van der Waals surface area contributed by atoms with Crippen molar-refractivity contribution in [1.82, 2.24) is 15.1 Å². The lowest BCUT2D eigenvalue weighted by molar-refractivity contribution is 0.0946. The number of hydrogen-bond donors (Lipinski definition) is 1. The number of aromatic nitrogens is 2. The van der Waals surface area contributed by atoms with E-state index >= 15 is 0 Å². The van der Waals surface area contributed by atoms with Crippen molar-refractivity contribution in [3.63, 3.8) is 0 Å². The van der Waals surface area contributed by atoms with Gasteiger partial charge >= 0.3 is 0 Å². The molecule has 0 saturated heterocycles. The zero-order valence-electron chi connectivity index (χ0n) is 17.1. The molecule has 0 unspecified atom stereocenters. The maximum absolute atomic E-state index is 14.1. The summed E-state index contributed by atoms with van der Waals surface area (Å²) in [6, 6.07) is 24.1. The lowest BCUT2D eigenvalue weighted by atomic mass is 10.1. The van der Waals surface area contributed by atoms with E-state index in [-0.39, 0.29) is 5.91 Å². The number of para-hydroxylation sites is 2. The van der Waals surface area contributed by atoms with Crippen molar-refractivity contribution < 1.29 is 13.9 Å². The van der Waals surface area contributed by atoms with E-state index in [0.717, 1.165) is 16.9 Å². The van der Waals surface area contributed by atoms with Gasteiger partial charge in [0, 0.05) is 5.56 Å². The van der Waals surface area contributed by atoms with Crippen LogP contribution >= 0.6 is 0 Å². The Morgan fingerprint density at radius 1 is 1.00 bits per heavy atom. The number of amides is 1. The van der Waals surface area contributed by atoms with Gasteiger partial charge in [0.1, 0.15) is 23.9 Å². The zero-order valence-corrected chi connectivity index (χ0v) is 17.1. The smallest absolute Gasteiger partial charge is 0.254 e. The Morgan fingerprint density at radius 3 is 2.52 bits per heavy atom. The van der Waals surface area contributed by atoms with Gasteiger partial charge in [-0.2, -0.15) is 5.10 Å². The number of halogens is 1. The number of nitrogens with zero attached hydrogens (tertiary/aromatic N) is 2. The molecule has 0 aliphatic carbocycles. The predicted octanol–water partition coefficient (Wildman–Crippen LogP) is 4.80. The first-order chi connectivity index (χ1) is 15.1. The number of rotatable bonds is 7. The Hall–Kier alpha value is -3.93. The van der Waals surface area contributed by atoms with Crippen molar-refractivity contribution in [3.05, 3.63) is 102 Å². The topological polar surface area (TPSA) is 56.1 Å². The number of ether oxygens (including phenoxy) is 1. The highest BCUT2D eigenvalue weighted by Gasteiger charge is 2.16. The molecule has 6 heteroatoms. The van der Waals surface area contributed by atoms with Crippen molar-refractivity contribution in [2.75, 3.05) is 13.2 Å². The van der Waals surface area contributed by atoms with Crippen LogP contribution in [0.15, 0.2) is 85.1 Å². The van der Waals surface area contributed by atoms with Crippen LogP contribution in [0.2, 0.25) is 0 Å². The monoisotopic (exact) mass is 415 g/mol. The highest BCUT2D eigenvalue weighted by molar-refractivity contribution is 5.95. The van der Waals surface area contributed by atoms with Gasteiger partial charge in [-0.25, -0.2) is 9.07 Å². The normalized spacial score (nSPS) is 10.6. The first kappa shape index (κ1) is 20.3. The molecule has 0 atom stereocenters. The van der Waals surface area contributed by atoms with Crippen LogP contribution in [0.25, 0.3) is 16.8 Å². The molecule has 5 nitrogen and oxygen atoms in total. The SMILES string of the molecule is Cc1c(C(=O)NCCOc2ccccc2-c2ccccc2)cnn1-c1ccccc1F. The molecule has 0 aliphatic heterocycles. The maximum atomic E-state index is 14.1. The molecule has 4 rings (SSSR count). The van der Waals surface area contributed by atoms with E-state index < -0.39 is 5.82 Å². The van der Waals surface area contributed by atoms with E-state index in [2.05, 4.69) is 10.4 Å². The van der Waals surface area contributed by atoms with Gasteiger partial charge in [0.05, 0.1) is 24.0 Å². The Bertz CT molecular complexity index is 1190. The summed E-state index contributed by atoms with van der Waals surface area (Å²) in [6.45, 7) is 2.38. The van der Waals surface area contributed by atoms with Gasteiger partial charge in [-0.05, 0) is 30.7 Å². The predicted molar refractivity (Wildman–Crippen MR) is 118 cm³/mol. The van der Waals surface area contributed by atoms with Crippen LogP contribution in [0.1, 0.15) is 16.1 Å². The molecular weight excluding hydrogens is 393 g/mol. The summed E-state index contributed by atoms with van der Waals surface area (Å²) < 4.78 is 21.4. The maximum Gasteiger partial charge on any atom is 0.254 e. The molecule has 1 amide bonds. The summed E-state index contributed by atoms with van der Waals surface area (Å²) in [4.78, 5) is 12.6. The fourth-order valence-corrected chi connectivity index (χ4v) is 3.37.